The van der Waals surface area contributed by atoms with E-state index in [0.29, 0.717) is 24.0 Å². The van der Waals surface area contributed by atoms with Crippen LogP contribution in [0.4, 0.5) is 5.69 Å². The van der Waals surface area contributed by atoms with Crippen molar-refractivity contribution >= 4 is 45.3 Å². The van der Waals surface area contributed by atoms with Gasteiger partial charge in [-0.05, 0) is 48.9 Å². The van der Waals surface area contributed by atoms with Gasteiger partial charge in [-0.3, -0.25) is 38.6 Å². The lowest BCUT2D eigenvalue weighted by atomic mass is 10.0. The number of non-ortho nitro benzene ring substituents is 1. The summed E-state index contributed by atoms with van der Waals surface area (Å²) in [6.07, 6.45) is 0.103. The minimum absolute atomic E-state index is 0.00103. The molecule has 0 unspecified atom stereocenters. The molecule has 5 amide bonds. The van der Waals surface area contributed by atoms with Gasteiger partial charge in [-0.1, -0.05) is 24.3 Å². The van der Waals surface area contributed by atoms with E-state index in [1.807, 2.05) is 0 Å². The normalized spacial score (nSPS) is 16.3. The molecule has 2 aromatic carbocycles. The number of nitrogens with two attached hydrogens (primary N) is 2. The third-order valence-electron chi connectivity index (χ3n) is 7.53. The Morgan fingerprint density at radius 3 is 2.15 bits per heavy atom. The van der Waals surface area contributed by atoms with Crippen molar-refractivity contribution in [2.24, 2.45) is 11.5 Å². The minimum atomic E-state index is -4.55. The number of hydrogen-bond donors (Lipinski definition) is 7. The molecule has 0 aliphatic carbocycles. The van der Waals surface area contributed by atoms with Gasteiger partial charge in [0.2, 0.25) is 29.5 Å². The number of carbonyl (C=O) groups is 5. The molecular weight excluding hydrogens is 654 g/mol. The summed E-state index contributed by atoms with van der Waals surface area (Å²) in [5.74, 6) is -4.99. The molecule has 9 N–H and O–H groups in total. The quantitative estimate of drug-likeness (QED) is 0.0586. The molecule has 1 aliphatic rings. The third-order valence-corrected chi connectivity index (χ3v) is 8.29. The van der Waals surface area contributed by atoms with Crippen molar-refractivity contribution in [2.45, 2.75) is 56.3 Å². The number of carbonyl (C=O) groups excluding carboxylic acids is 5. The van der Waals surface area contributed by atoms with E-state index in [2.05, 4.69) is 16.0 Å². The van der Waals surface area contributed by atoms with Crippen LogP contribution >= 0.6 is 0 Å². The summed E-state index contributed by atoms with van der Waals surface area (Å²) in [6.45, 7) is -0.542. The highest BCUT2D eigenvalue weighted by atomic mass is 32.2. The first-order valence-electron chi connectivity index (χ1n) is 14.7. The Balaban J connectivity index is 1.70. The van der Waals surface area contributed by atoms with E-state index in [0.717, 1.165) is 0 Å². The first kappa shape index (κ1) is 37.3. The largest absolute Gasteiger partial charge is 0.508 e. The van der Waals surface area contributed by atoms with E-state index in [4.69, 9.17) is 11.5 Å². The Morgan fingerprint density at radius 2 is 1.56 bits per heavy atom. The van der Waals surface area contributed by atoms with Gasteiger partial charge in [0.05, 0.1) is 23.3 Å². The number of amides is 5. The number of primary amides is 1. The monoisotopic (exact) mass is 691 g/mol. The van der Waals surface area contributed by atoms with Gasteiger partial charge in [-0.2, -0.15) is 8.42 Å². The zero-order valence-corrected chi connectivity index (χ0v) is 26.4. The maximum Gasteiger partial charge on any atom is 0.269 e. The predicted molar refractivity (Wildman–Crippen MR) is 168 cm³/mol. The van der Waals surface area contributed by atoms with Crippen molar-refractivity contribution in [1.82, 2.24) is 20.9 Å². The summed E-state index contributed by atoms with van der Waals surface area (Å²) >= 11 is 0. The van der Waals surface area contributed by atoms with Gasteiger partial charge < -0.3 is 37.4 Å². The topological polar surface area (TPSA) is 294 Å². The van der Waals surface area contributed by atoms with Crippen molar-refractivity contribution in [1.29, 1.82) is 0 Å². The fourth-order valence-electron chi connectivity index (χ4n) is 5.04. The van der Waals surface area contributed by atoms with Crippen molar-refractivity contribution in [2.75, 3.05) is 18.8 Å². The van der Waals surface area contributed by atoms with Crippen LogP contribution in [-0.2, 0) is 46.9 Å². The van der Waals surface area contributed by atoms with E-state index < -0.39 is 87.5 Å². The van der Waals surface area contributed by atoms with Crippen LogP contribution in [0.15, 0.2) is 48.5 Å². The average molecular weight is 692 g/mol. The molecule has 1 aliphatic heterocycles. The smallest absolute Gasteiger partial charge is 0.269 e. The lowest BCUT2D eigenvalue weighted by Crippen LogP contribution is -2.56. The first-order valence-corrected chi connectivity index (χ1v) is 16.3. The van der Waals surface area contributed by atoms with E-state index in [-0.39, 0.29) is 30.8 Å². The van der Waals surface area contributed by atoms with Crippen molar-refractivity contribution < 1.29 is 47.0 Å². The Labute approximate surface area is 275 Å². The highest BCUT2D eigenvalue weighted by Gasteiger charge is 2.37. The van der Waals surface area contributed by atoms with Crippen LogP contribution in [0.5, 0.6) is 5.75 Å². The van der Waals surface area contributed by atoms with Crippen LogP contribution < -0.4 is 27.4 Å². The third kappa shape index (κ3) is 11.3. The molecule has 260 valence electrons. The van der Waals surface area contributed by atoms with Crippen LogP contribution in [0.25, 0.3) is 0 Å². The van der Waals surface area contributed by atoms with E-state index in [9.17, 15) is 52.2 Å². The molecule has 1 heterocycles. The lowest BCUT2D eigenvalue weighted by molar-refractivity contribution is -0.384. The highest BCUT2D eigenvalue weighted by molar-refractivity contribution is 7.85. The zero-order chi connectivity index (χ0) is 35.6. The van der Waals surface area contributed by atoms with Crippen LogP contribution in [0, 0.1) is 10.1 Å². The summed E-state index contributed by atoms with van der Waals surface area (Å²) in [5.41, 5.74) is 12.2. The molecule has 2 aromatic rings. The van der Waals surface area contributed by atoms with Gasteiger partial charge in [0.1, 0.15) is 23.9 Å². The summed E-state index contributed by atoms with van der Waals surface area (Å²) in [5, 5.41) is 27.5. The van der Waals surface area contributed by atoms with Gasteiger partial charge in [0.25, 0.3) is 15.8 Å². The Morgan fingerprint density at radius 1 is 0.958 bits per heavy atom. The van der Waals surface area contributed by atoms with Crippen molar-refractivity contribution in [3.63, 3.8) is 0 Å². The second-order valence-electron chi connectivity index (χ2n) is 11.2. The van der Waals surface area contributed by atoms with E-state index in [1.165, 1.54) is 53.4 Å². The number of nitro groups is 1. The molecule has 1 fully saturated rings. The molecular formula is C29H37N7O11S. The maximum absolute atomic E-state index is 13.5. The summed E-state index contributed by atoms with van der Waals surface area (Å²) in [7, 11) is -4.55. The SMILES string of the molecule is NC(=O)[C@@H]1CCCN1C(=O)[C@H](Cc1ccc([N+](=O)[O-])cc1)NC(=O)CNC(=O)[C@H](CCS(=O)(=O)O)NC(=O)[C@@H](N)Cc1ccc(O)cc1. The molecule has 4 atom stereocenters. The van der Waals surface area contributed by atoms with Gasteiger partial charge in [0, 0.05) is 25.1 Å². The second kappa shape index (κ2) is 16.6. The number of likely N-dealkylation sites (tertiary alicyclic amines) is 1. The van der Waals surface area contributed by atoms with Crippen LogP contribution in [0.2, 0.25) is 0 Å². The Kier molecular flexibility index (Phi) is 12.9. The molecule has 18 nitrogen and oxygen atoms in total. The summed E-state index contributed by atoms with van der Waals surface area (Å²) in [4.78, 5) is 75.9. The molecule has 3 rings (SSSR count). The first-order chi connectivity index (χ1) is 22.5. The predicted octanol–water partition coefficient (Wildman–Crippen LogP) is -1.75. The standard InChI is InChI=1S/C29H37N7O11S/c30-21(14-17-5-9-20(37)10-6-17)27(40)34-22(11-13-48(45,46)47)28(41)32-16-25(38)33-23(15-18-3-7-19(8-4-18)36(43)44)29(42)35-12-1-2-24(35)26(31)39/h3-10,21-24,37H,1-2,11-16,30H2,(H2,31,39)(H,32,41)(H,33,38)(H,34,40)(H,45,46,47)/t21-,22-,23-,24-/m0/s1. The number of nitro benzene ring substituents is 1. The summed E-state index contributed by atoms with van der Waals surface area (Å²) < 4.78 is 32.0. The second-order valence-corrected chi connectivity index (χ2v) is 12.7. The number of nitrogens with one attached hydrogen (secondary N) is 3. The summed E-state index contributed by atoms with van der Waals surface area (Å²) in [6, 6.07) is 6.16. The van der Waals surface area contributed by atoms with Crippen molar-refractivity contribution in [3.8, 4) is 5.75 Å². The number of nitrogens with zero attached hydrogens (tertiary/aromatic N) is 2. The fraction of sp³-hybridized carbons (Fsp3) is 0.414. The number of hydrogen-bond acceptors (Lipinski definition) is 11. The van der Waals surface area contributed by atoms with Gasteiger partial charge in [-0.25, -0.2) is 0 Å². The number of aromatic hydroxyl groups is 1. The molecule has 0 aromatic heterocycles. The minimum Gasteiger partial charge on any atom is -0.508 e. The highest BCUT2D eigenvalue weighted by Crippen LogP contribution is 2.20. The molecule has 0 radical (unpaired) electrons. The molecule has 0 bridgehead atoms. The fourth-order valence-corrected chi connectivity index (χ4v) is 5.58. The van der Waals surface area contributed by atoms with Crippen molar-refractivity contribution in [3.05, 3.63) is 69.8 Å². The molecule has 48 heavy (non-hydrogen) atoms. The number of phenolic OH excluding ortho intramolecular Hbond substituents is 1. The van der Waals surface area contributed by atoms with E-state index >= 15 is 0 Å². The Hall–Kier alpha value is -5.14. The number of rotatable bonds is 16. The van der Waals surface area contributed by atoms with Gasteiger partial charge in [-0.15, -0.1) is 0 Å². The van der Waals surface area contributed by atoms with Gasteiger partial charge >= 0.3 is 0 Å². The zero-order valence-electron chi connectivity index (χ0n) is 25.6. The molecule has 1 saturated heterocycles. The molecule has 0 spiro atoms. The van der Waals surface area contributed by atoms with Crippen LogP contribution in [0.1, 0.15) is 30.4 Å². The van der Waals surface area contributed by atoms with Crippen LogP contribution in [-0.4, -0.2) is 100 Å². The number of benzene rings is 2. The van der Waals surface area contributed by atoms with Crippen LogP contribution in [0.3, 0.4) is 0 Å². The van der Waals surface area contributed by atoms with E-state index in [1.54, 1.807) is 0 Å². The lowest BCUT2D eigenvalue weighted by Gasteiger charge is -2.28. The average Bonchev–Trinajstić information content (AvgIpc) is 3.52. The molecule has 19 heteroatoms. The van der Waals surface area contributed by atoms with Gasteiger partial charge in [0.15, 0.2) is 0 Å². The number of phenols is 1. The molecule has 0 saturated carbocycles. The maximum atomic E-state index is 13.5. The Bertz CT molecular complexity index is 1620.